The lowest BCUT2D eigenvalue weighted by Gasteiger charge is -2.02. The number of carbonyl (C=O) groups is 1. The van der Waals surface area contributed by atoms with Crippen molar-refractivity contribution >= 4 is 22.4 Å². The van der Waals surface area contributed by atoms with E-state index in [0.717, 1.165) is 17.7 Å². The standard InChI is InChI=1S/C20H20N2OS/c1-15-6-5-9-17(12-15)13-18-14-21-20(24-18)22-19(23)11-10-16-7-3-2-4-8-16/h2-9,12,14H,10-11,13H2,1H3,(H,21,22,23). The predicted octanol–water partition coefficient (Wildman–Crippen LogP) is 4.61. The van der Waals surface area contributed by atoms with Crippen LogP contribution in [0.4, 0.5) is 5.13 Å². The lowest BCUT2D eigenvalue weighted by molar-refractivity contribution is -0.116. The van der Waals surface area contributed by atoms with Gasteiger partial charge in [0.25, 0.3) is 0 Å². The topological polar surface area (TPSA) is 42.0 Å². The van der Waals surface area contributed by atoms with Gasteiger partial charge in [0.2, 0.25) is 5.91 Å². The van der Waals surface area contributed by atoms with Crippen LogP contribution in [0, 0.1) is 6.92 Å². The molecule has 0 spiro atoms. The van der Waals surface area contributed by atoms with Crippen LogP contribution in [0.3, 0.4) is 0 Å². The molecule has 4 heteroatoms. The van der Waals surface area contributed by atoms with Gasteiger partial charge in [-0.25, -0.2) is 4.98 Å². The van der Waals surface area contributed by atoms with Gasteiger partial charge in [0.1, 0.15) is 0 Å². The van der Waals surface area contributed by atoms with Crippen LogP contribution in [-0.2, 0) is 17.6 Å². The molecule has 0 unspecified atom stereocenters. The number of carbonyl (C=O) groups excluding carboxylic acids is 1. The number of nitrogens with one attached hydrogen (secondary N) is 1. The number of thiazole rings is 1. The molecule has 24 heavy (non-hydrogen) atoms. The number of nitrogens with zero attached hydrogens (tertiary/aromatic N) is 1. The van der Waals surface area contributed by atoms with Gasteiger partial charge in [0.05, 0.1) is 0 Å². The highest BCUT2D eigenvalue weighted by molar-refractivity contribution is 7.15. The number of amides is 1. The summed E-state index contributed by atoms with van der Waals surface area (Å²) in [6.45, 7) is 2.09. The van der Waals surface area contributed by atoms with E-state index >= 15 is 0 Å². The quantitative estimate of drug-likeness (QED) is 0.714. The van der Waals surface area contributed by atoms with Crippen LogP contribution in [-0.4, -0.2) is 10.9 Å². The Hall–Kier alpha value is -2.46. The van der Waals surface area contributed by atoms with E-state index in [-0.39, 0.29) is 5.91 Å². The molecular formula is C20H20N2OS. The fourth-order valence-corrected chi connectivity index (χ4v) is 3.42. The van der Waals surface area contributed by atoms with Crippen LogP contribution in [0.5, 0.6) is 0 Å². The Balaban J connectivity index is 1.53. The molecule has 0 aliphatic carbocycles. The van der Waals surface area contributed by atoms with Gasteiger partial charge in [-0.15, -0.1) is 11.3 Å². The van der Waals surface area contributed by atoms with Gasteiger partial charge in [-0.3, -0.25) is 4.79 Å². The molecule has 1 heterocycles. The molecule has 0 radical (unpaired) electrons. The van der Waals surface area contributed by atoms with Gasteiger partial charge >= 0.3 is 0 Å². The molecule has 0 bridgehead atoms. The molecule has 2 aromatic carbocycles. The highest BCUT2D eigenvalue weighted by Gasteiger charge is 2.08. The molecule has 3 rings (SSSR count). The van der Waals surface area contributed by atoms with Crippen molar-refractivity contribution in [3.05, 3.63) is 82.4 Å². The minimum absolute atomic E-state index is 0.00955. The molecule has 3 aromatic rings. The molecule has 3 nitrogen and oxygen atoms in total. The molecule has 122 valence electrons. The molecule has 0 fully saturated rings. The van der Waals surface area contributed by atoms with Gasteiger partial charge in [0, 0.05) is 23.9 Å². The average Bonchev–Trinajstić information content (AvgIpc) is 3.01. The van der Waals surface area contributed by atoms with Crippen LogP contribution in [0.25, 0.3) is 0 Å². The van der Waals surface area contributed by atoms with Crippen molar-refractivity contribution in [3.63, 3.8) is 0 Å². The number of rotatable bonds is 6. The van der Waals surface area contributed by atoms with Crippen LogP contribution in [0.1, 0.15) is 28.0 Å². The monoisotopic (exact) mass is 336 g/mol. The zero-order valence-corrected chi connectivity index (χ0v) is 14.5. The van der Waals surface area contributed by atoms with Gasteiger partial charge < -0.3 is 5.32 Å². The van der Waals surface area contributed by atoms with E-state index in [1.807, 2.05) is 36.5 Å². The SMILES string of the molecule is Cc1cccc(Cc2cnc(NC(=O)CCc3ccccc3)s2)c1. The molecule has 1 amide bonds. The molecule has 0 atom stereocenters. The first-order valence-corrected chi connectivity index (χ1v) is 8.85. The molecule has 0 aliphatic rings. The van der Waals surface area contributed by atoms with Gasteiger partial charge in [0.15, 0.2) is 5.13 Å². The van der Waals surface area contributed by atoms with Crippen molar-refractivity contribution in [2.45, 2.75) is 26.2 Å². The highest BCUT2D eigenvalue weighted by atomic mass is 32.1. The van der Waals surface area contributed by atoms with E-state index in [9.17, 15) is 4.79 Å². The average molecular weight is 336 g/mol. The minimum Gasteiger partial charge on any atom is -0.302 e. The van der Waals surface area contributed by atoms with Crippen LogP contribution < -0.4 is 5.32 Å². The number of anilines is 1. The second kappa shape index (κ2) is 7.88. The minimum atomic E-state index is 0.00955. The van der Waals surface area contributed by atoms with E-state index in [0.29, 0.717) is 11.6 Å². The highest BCUT2D eigenvalue weighted by Crippen LogP contribution is 2.21. The lowest BCUT2D eigenvalue weighted by atomic mass is 10.1. The summed E-state index contributed by atoms with van der Waals surface area (Å²) in [5, 5.41) is 3.57. The van der Waals surface area contributed by atoms with Crippen molar-refractivity contribution < 1.29 is 4.79 Å². The molecule has 1 N–H and O–H groups in total. The number of aromatic nitrogens is 1. The van der Waals surface area contributed by atoms with Crippen molar-refractivity contribution in [3.8, 4) is 0 Å². The molecule has 0 saturated heterocycles. The van der Waals surface area contributed by atoms with Gasteiger partial charge in [-0.2, -0.15) is 0 Å². The van der Waals surface area contributed by atoms with Crippen LogP contribution >= 0.6 is 11.3 Å². The molecule has 1 aromatic heterocycles. The third kappa shape index (κ3) is 4.77. The maximum Gasteiger partial charge on any atom is 0.226 e. The zero-order valence-electron chi connectivity index (χ0n) is 13.7. The summed E-state index contributed by atoms with van der Waals surface area (Å²) >= 11 is 1.54. The Morgan fingerprint density at radius 3 is 2.67 bits per heavy atom. The Labute approximate surface area is 146 Å². The number of aryl methyl sites for hydroxylation is 2. The van der Waals surface area contributed by atoms with Gasteiger partial charge in [-0.05, 0) is 24.5 Å². The number of hydrogen-bond donors (Lipinski definition) is 1. The Kier molecular flexibility index (Phi) is 5.39. The number of benzene rings is 2. The van der Waals surface area contributed by atoms with Crippen molar-refractivity contribution in [2.24, 2.45) is 0 Å². The largest absolute Gasteiger partial charge is 0.302 e. The smallest absolute Gasteiger partial charge is 0.226 e. The summed E-state index contributed by atoms with van der Waals surface area (Å²) < 4.78 is 0. The maximum atomic E-state index is 12.1. The van der Waals surface area contributed by atoms with E-state index in [1.165, 1.54) is 16.7 Å². The summed E-state index contributed by atoms with van der Waals surface area (Å²) in [6.07, 6.45) is 3.91. The van der Waals surface area contributed by atoms with Crippen LogP contribution in [0.2, 0.25) is 0 Å². The lowest BCUT2D eigenvalue weighted by Crippen LogP contribution is -2.11. The van der Waals surface area contributed by atoms with E-state index in [1.54, 1.807) is 11.3 Å². The molecular weight excluding hydrogens is 316 g/mol. The zero-order chi connectivity index (χ0) is 16.8. The summed E-state index contributed by atoms with van der Waals surface area (Å²) in [7, 11) is 0. The maximum absolute atomic E-state index is 12.1. The third-order valence-corrected chi connectivity index (χ3v) is 4.66. The van der Waals surface area contributed by atoms with Crippen molar-refractivity contribution in [1.29, 1.82) is 0 Å². The second-order valence-electron chi connectivity index (χ2n) is 5.83. The fraction of sp³-hybridized carbons (Fsp3) is 0.200. The number of hydrogen-bond acceptors (Lipinski definition) is 3. The van der Waals surface area contributed by atoms with E-state index < -0.39 is 0 Å². The summed E-state index contributed by atoms with van der Waals surface area (Å²) in [4.78, 5) is 17.5. The Bertz CT molecular complexity index is 811. The normalized spacial score (nSPS) is 10.5. The van der Waals surface area contributed by atoms with Gasteiger partial charge in [-0.1, -0.05) is 60.2 Å². The second-order valence-corrected chi connectivity index (χ2v) is 6.95. The predicted molar refractivity (Wildman–Crippen MR) is 99.5 cm³/mol. The Morgan fingerprint density at radius 2 is 1.88 bits per heavy atom. The first-order valence-electron chi connectivity index (χ1n) is 8.03. The van der Waals surface area contributed by atoms with E-state index in [4.69, 9.17) is 0 Å². The summed E-state index contributed by atoms with van der Waals surface area (Å²) in [5.74, 6) is 0.00955. The molecule has 0 aliphatic heterocycles. The molecule has 0 saturated carbocycles. The van der Waals surface area contributed by atoms with Crippen molar-refractivity contribution in [2.75, 3.05) is 5.32 Å². The fourth-order valence-electron chi connectivity index (χ4n) is 2.55. The van der Waals surface area contributed by atoms with Crippen molar-refractivity contribution in [1.82, 2.24) is 4.98 Å². The first-order chi connectivity index (χ1) is 11.7. The van der Waals surface area contributed by atoms with Crippen LogP contribution in [0.15, 0.2) is 60.8 Å². The summed E-state index contributed by atoms with van der Waals surface area (Å²) in [6, 6.07) is 18.5. The summed E-state index contributed by atoms with van der Waals surface area (Å²) in [5.41, 5.74) is 3.69. The third-order valence-electron chi connectivity index (χ3n) is 3.74. The first kappa shape index (κ1) is 16.4. The van der Waals surface area contributed by atoms with E-state index in [2.05, 4.69) is 41.5 Å². The Morgan fingerprint density at radius 1 is 1.08 bits per heavy atom.